The maximum atomic E-state index is 5.89. The zero-order chi connectivity index (χ0) is 14.5. The molecule has 0 atom stereocenters. The highest BCUT2D eigenvalue weighted by Gasteiger charge is 2.16. The van der Waals surface area contributed by atoms with Gasteiger partial charge in [-0.3, -0.25) is 0 Å². The van der Waals surface area contributed by atoms with Gasteiger partial charge in [-0.1, -0.05) is 48.5 Å². The van der Waals surface area contributed by atoms with E-state index in [1.807, 2.05) is 47.1 Å². The van der Waals surface area contributed by atoms with Crippen LogP contribution in [0.25, 0.3) is 5.69 Å². The molecule has 3 nitrogen and oxygen atoms in total. The van der Waals surface area contributed by atoms with Crippen molar-refractivity contribution in [3.63, 3.8) is 0 Å². The van der Waals surface area contributed by atoms with Crippen LogP contribution in [-0.2, 0) is 5.75 Å². The third kappa shape index (κ3) is 3.41. The van der Waals surface area contributed by atoms with E-state index in [2.05, 4.69) is 29.4 Å². The van der Waals surface area contributed by atoms with E-state index in [0.717, 1.165) is 16.5 Å². The molecule has 2 N–H and O–H groups in total. The second kappa shape index (κ2) is 6.41. The highest BCUT2D eigenvalue weighted by Crippen LogP contribution is 2.21. The van der Waals surface area contributed by atoms with E-state index < -0.39 is 0 Å². The first-order chi connectivity index (χ1) is 10.3. The summed E-state index contributed by atoms with van der Waals surface area (Å²) in [4.78, 5) is 0. The van der Waals surface area contributed by atoms with Crippen molar-refractivity contribution in [2.45, 2.75) is 10.8 Å². The molecular formula is C17H16N3S+. The molecule has 0 amide bonds. The number of benzene rings is 2. The molecule has 0 aliphatic rings. The van der Waals surface area contributed by atoms with E-state index in [-0.39, 0.29) is 0 Å². The summed E-state index contributed by atoms with van der Waals surface area (Å²) in [7, 11) is 0. The SMILES string of the molecule is Nc1cn[n+](-c2ccccc2)c(SCc2ccccc2)c1. The fraction of sp³-hybridized carbons (Fsp3) is 0.0588. The Labute approximate surface area is 128 Å². The van der Waals surface area contributed by atoms with E-state index in [9.17, 15) is 0 Å². The summed E-state index contributed by atoms with van der Waals surface area (Å²) in [5.74, 6) is 0.888. The lowest BCUT2D eigenvalue weighted by Gasteiger charge is -2.02. The van der Waals surface area contributed by atoms with Gasteiger partial charge >= 0.3 is 0 Å². The second-order valence-corrected chi connectivity index (χ2v) is 5.64. The van der Waals surface area contributed by atoms with Crippen LogP contribution < -0.4 is 10.4 Å². The summed E-state index contributed by atoms with van der Waals surface area (Å²) in [6.07, 6.45) is 1.68. The molecule has 1 aromatic heterocycles. The fourth-order valence-electron chi connectivity index (χ4n) is 2.02. The minimum atomic E-state index is 0.678. The summed E-state index contributed by atoms with van der Waals surface area (Å²) in [6, 6.07) is 22.4. The average molecular weight is 294 g/mol. The van der Waals surface area contributed by atoms with Gasteiger partial charge in [-0.2, -0.15) is 0 Å². The van der Waals surface area contributed by atoms with Crippen molar-refractivity contribution in [1.82, 2.24) is 5.10 Å². The maximum absolute atomic E-state index is 5.89. The van der Waals surface area contributed by atoms with Crippen LogP contribution in [0, 0.1) is 0 Å². The third-order valence-electron chi connectivity index (χ3n) is 3.05. The number of nitrogen functional groups attached to an aromatic ring is 1. The number of para-hydroxylation sites is 1. The predicted molar refractivity (Wildman–Crippen MR) is 86.2 cm³/mol. The van der Waals surface area contributed by atoms with Gasteiger partial charge in [0.2, 0.25) is 5.69 Å². The van der Waals surface area contributed by atoms with Crippen LogP contribution >= 0.6 is 11.8 Å². The van der Waals surface area contributed by atoms with E-state index >= 15 is 0 Å². The Hall–Kier alpha value is -2.33. The zero-order valence-electron chi connectivity index (χ0n) is 11.5. The first-order valence-electron chi connectivity index (χ1n) is 6.73. The van der Waals surface area contributed by atoms with Crippen molar-refractivity contribution in [3.8, 4) is 5.69 Å². The highest BCUT2D eigenvalue weighted by molar-refractivity contribution is 7.98. The molecule has 104 valence electrons. The molecule has 0 bridgehead atoms. The van der Waals surface area contributed by atoms with Gasteiger partial charge in [0.15, 0.2) is 0 Å². The lowest BCUT2D eigenvalue weighted by molar-refractivity contribution is -0.697. The molecule has 0 radical (unpaired) electrons. The quantitative estimate of drug-likeness (QED) is 0.593. The van der Waals surface area contributed by atoms with Crippen molar-refractivity contribution < 1.29 is 4.68 Å². The van der Waals surface area contributed by atoms with Crippen LogP contribution in [0.2, 0.25) is 0 Å². The Bertz CT molecular complexity index is 715. The van der Waals surface area contributed by atoms with Crippen molar-refractivity contribution in [2.75, 3.05) is 5.73 Å². The Kier molecular flexibility index (Phi) is 4.17. The van der Waals surface area contributed by atoms with Crippen LogP contribution in [0.3, 0.4) is 0 Å². The summed E-state index contributed by atoms with van der Waals surface area (Å²) in [6.45, 7) is 0. The van der Waals surface area contributed by atoms with Crippen molar-refractivity contribution in [3.05, 3.63) is 78.5 Å². The molecule has 0 spiro atoms. The molecule has 3 aromatic rings. The van der Waals surface area contributed by atoms with Gasteiger partial charge in [-0.25, -0.2) is 0 Å². The summed E-state index contributed by atoms with van der Waals surface area (Å²) >= 11 is 1.73. The first-order valence-corrected chi connectivity index (χ1v) is 7.71. The molecule has 0 fully saturated rings. The van der Waals surface area contributed by atoms with Gasteiger partial charge < -0.3 is 5.73 Å². The normalized spacial score (nSPS) is 10.5. The molecule has 0 aliphatic carbocycles. The smallest absolute Gasteiger partial charge is 0.275 e. The standard InChI is InChI=1S/C17H15N3S/c18-15-11-17(21-13-14-7-3-1-4-8-14)20(19-12-15)16-9-5-2-6-10-16/h1-12,18H,13H2/p+1. The van der Waals surface area contributed by atoms with Crippen molar-refractivity contribution >= 4 is 17.4 Å². The number of anilines is 1. The largest absolute Gasteiger partial charge is 0.397 e. The average Bonchev–Trinajstić information content (AvgIpc) is 2.55. The van der Waals surface area contributed by atoms with Crippen LogP contribution in [-0.4, -0.2) is 5.10 Å². The second-order valence-electron chi connectivity index (χ2n) is 4.65. The fourth-order valence-corrected chi connectivity index (χ4v) is 3.02. The number of hydrogen-bond acceptors (Lipinski definition) is 3. The predicted octanol–water partition coefficient (Wildman–Crippen LogP) is 3.23. The molecule has 2 aromatic carbocycles. The number of rotatable bonds is 4. The Morgan fingerprint density at radius 2 is 1.62 bits per heavy atom. The Morgan fingerprint density at radius 1 is 0.952 bits per heavy atom. The topological polar surface area (TPSA) is 42.8 Å². The van der Waals surface area contributed by atoms with Gasteiger partial charge in [-0.05, 0) is 22.0 Å². The van der Waals surface area contributed by atoms with E-state index in [4.69, 9.17) is 5.73 Å². The molecule has 3 rings (SSSR count). The summed E-state index contributed by atoms with van der Waals surface area (Å²) < 4.78 is 1.92. The molecule has 4 heteroatoms. The summed E-state index contributed by atoms with van der Waals surface area (Å²) in [5.41, 5.74) is 8.88. The van der Waals surface area contributed by atoms with Gasteiger partial charge in [-0.15, -0.1) is 0 Å². The van der Waals surface area contributed by atoms with E-state index in [1.54, 1.807) is 18.0 Å². The van der Waals surface area contributed by atoms with Gasteiger partial charge in [0, 0.05) is 29.1 Å². The molecule has 0 saturated heterocycles. The zero-order valence-corrected chi connectivity index (χ0v) is 12.3. The highest BCUT2D eigenvalue weighted by atomic mass is 32.2. The number of aromatic nitrogens is 2. The van der Waals surface area contributed by atoms with Crippen molar-refractivity contribution in [2.24, 2.45) is 0 Å². The van der Waals surface area contributed by atoms with Gasteiger partial charge in [0.1, 0.15) is 6.20 Å². The molecule has 0 saturated carbocycles. The Morgan fingerprint density at radius 3 is 2.33 bits per heavy atom. The maximum Gasteiger partial charge on any atom is 0.275 e. The third-order valence-corrected chi connectivity index (χ3v) is 4.12. The number of hydrogen-bond donors (Lipinski definition) is 1. The number of thioether (sulfide) groups is 1. The molecule has 1 heterocycles. The number of nitrogens with two attached hydrogens (primary N) is 1. The Balaban J connectivity index is 1.89. The molecule has 0 aliphatic heterocycles. The summed E-state index contributed by atoms with van der Waals surface area (Å²) in [5, 5.41) is 5.46. The van der Waals surface area contributed by atoms with E-state index in [0.29, 0.717) is 5.69 Å². The lowest BCUT2D eigenvalue weighted by atomic mass is 10.2. The minimum absolute atomic E-state index is 0.678. The van der Waals surface area contributed by atoms with Crippen LogP contribution in [0.5, 0.6) is 0 Å². The van der Waals surface area contributed by atoms with E-state index in [1.165, 1.54) is 5.56 Å². The number of nitrogens with zero attached hydrogens (tertiary/aromatic N) is 2. The van der Waals surface area contributed by atoms with Crippen molar-refractivity contribution in [1.29, 1.82) is 0 Å². The van der Waals surface area contributed by atoms with Crippen LogP contribution in [0.4, 0.5) is 5.69 Å². The molecular weight excluding hydrogens is 278 g/mol. The minimum Gasteiger partial charge on any atom is -0.397 e. The molecule has 0 unspecified atom stereocenters. The van der Waals surface area contributed by atoms with Gasteiger partial charge in [0.05, 0.1) is 5.69 Å². The van der Waals surface area contributed by atoms with Crippen LogP contribution in [0.1, 0.15) is 5.56 Å². The monoisotopic (exact) mass is 294 g/mol. The van der Waals surface area contributed by atoms with Crippen LogP contribution in [0.15, 0.2) is 78.0 Å². The van der Waals surface area contributed by atoms with Gasteiger partial charge in [0.25, 0.3) is 5.03 Å². The lowest BCUT2D eigenvalue weighted by Crippen LogP contribution is -2.37. The molecule has 21 heavy (non-hydrogen) atoms. The first kappa shape index (κ1) is 13.6.